The van der Waals surface area contributed by atoms with Gasteiger partial charge in [-0.3, -0.25) is 9.36 Å². The first kappa shape index (κ1) is 27.1. The van der Waals surface area contributed by atoms with Crippen LogP contribution in [0.1, 0.15) is 43.9 Å². The van der Waals surface area contributed by atoms with Crippen molar-refractivity contribution in [2.45, 2.75) is 32.7 Å². The van der Waals surface area contributed by atoms with Gasteiger partial charge in [0.2, 0.25) is 6.79 Å². The van der Waals surface area contributed by atoms with Crippen molar-refractivity contribution in [2.75, 3.05) is 27.1 Å². The molecule has 10 heteroatoms. The van der Waals surface area contributed by atoms with Crippen molar-refractivity contribution >= 4 is 23.4 Å². The van der Waals surface area contributed by atoms with E-state index in [2.05, 4.69) is 5.92 Å². The Morgan fingerprint density at radius 1 is 1.20 bits per heavy atom. The molecule has 5 rings (SSSR count). The summed E-state index contributed by atoms with van der Waals surface area (Å²) in [5.41, 5.74) is 2.09. The van der Waals surface area contributed by atoms with Crippen molar-refractivity contribution in [3.05, 3.63) is 78.5 Å². The van der Waals surface area contributed by atoms with Gasteiger partial charge in [0.15, 0.2) is 27.8 Å². The van der Waals surface area contributed by atoms with Gasteiger partial charge in [-0.25, -0.2) is 9.79 Å². The lowest BCUT2D eigenvalue weighted by atomic mass is 9.94. The molecule has 1 atom stereocenters. The molecule has 0 bridgehead atoms. The number of rotatable bonds is 9. The summed E-state index contributed by atoms with van der Waals surface area (Å²) in [4.78, 5) is 32.6. The van der Waals surface area contributed by atoms with Crippen molar-refractivity contribution in [1.29, 1.82) is 0 Å². The zero-order chi connectivity index (χ0) is 28.2. The first-order chi connectivity index (χ1) is 19.5. The number of terminal acetylenes is 1. The van der Waals surface area contributed by atoms with Crippen molar-refractivity contribution in [1.82, 2.24) is 4.57 Å². The van der Waals surface area contributed by atoms with Gasteiger partial charge in [-0.2, -0.15) is 0 Å². The Bertz CT molecular complexity index is 1710. The normalized spacial score (nSPS) is 15.8. The number of esters is 1. The number of fused-ring (bicyclic) bond motifs is 2. The fourth-order valence-electron chi connectivity index (χ4n) is 4.68. The fourth-order valence-corrected chi connectivity index (χ4v) is 5.70. The van der Waals surface area contributed by atoms with Crippen LogP contribution in [0.3, 0.4) is 0 Å². The molecule has 0 saturated carbocycles. The van der Waals surface area contributed by atoms with Crippen LogP contribution in [0.25, 0.3) is 6.08 Å². The maximum atomic E-state index is 14.0. The lowest BCUT2D eigenvalue weighted by Crippen LogP contribution is -2.40. The van der Waals surface area contributed by atoms with Gasteiger partial charge in [0.05, 0.1) is 35.6 Å². The van der Waals surface area contributed by atoms with Crippen LogP contribution in [0.4, 0.5) is 0 Å². The van der Waals surface area contributed by atoms with E-state index < -0.39 is 12.0 Å². The number of hydrogen-bond donors (Lipinski definition) is 0. The van der Waals surface area contributed by atoms with Crippen LogP contribution in [0.5, 0.6) is 23.0 Å². The number of carbonyl (C=O) groups excluding carboxylic acids is 1. The van der Waals surface area contributed by atoms with Crippen molar-refractivity contribution in [2.24, 2.45) is 4.99 Å². The van der Waals surface area contributed by atoms with Gasteiger partial charge < -0.3 is 23.7 Å². The van der Waals surface area contributed by atoms with Gasteiger partial charge in [0, 0.05) is 0 Å². The highest BCUT2D eigenvalue weighted by Gasteiger charge is 2.35. The van der Waals surface area contributed by atoms with Crippen molar-refractivity contribution in [3.8, 4) is 35.3 Å². The van der Waals surface area contributed by atoms with E-state index in [0.717, 1.165) is 12.0 Å². The number of carbonyl (C=O) groups is 1. The Morgan fingerprint density at radius 3 is 2.77 bits per heavy atom. The molecule has 0 amide bonds. The highest BCUT2D eigenvalue weighted by atomic mass is 32.1. The molecular formula is C30H28N2O7S. The number of allylic oxidation sites excluding steroid dienone is 1. The fraction of sp³-hybridized carbons (Fsp3) is 0.300. The summed E-state index contributed by atoms with van der Waals surface area (Å²) in [6.45, 7) is 4.18. The molecule has 3 aromatic rings. The quantitative estimate of drug-likeness (QED) is 0.293. The number of aromatic nitrogens is 1. The standard InChI is InChI=1S/C30H28N2O7S/c1-5-8-20-26(29(34)36-7-3)27(19-10-12-22-24(16-19)39-17-38-22)32-28(33)25(40-30(32)31-20)15-18-9-11-21(37-13-6-2)23(14-18)35-4/h2,9-12,14-16,27H,5,7-8,13,17H2,1,3-4H3/b25-15-/t27-/m0/s1. The summed E-state index contributed by atoms with van der Waals surface area (Å²) in [5, 5.41) is 0. The second kappa shape index (κ2) is 11.7. The Kier molecular flexibility index (Phi) is 7.94. The minimum Gasteiger partial charge on any atom is -0.493 e. The third kappa shape index (κ3) is 5.08. The molecule has 0 radical (unpaired) electrons. The minimum atomic E-state index is -0.748. The van der Waals surface area contributed by atoms with Gasteiger partial charge in [-0.1, -0.05) is 42.7 Å². The third-order valence-corrected chi connectivity index (χ3v) is 7.38. The maximum absolute atomic E-state index is 14.0. The van der Waals surface area contributed by atoms with Crippen LogP contribution >= 0.6 is 11.3 Å². The molecule has 3 heterocycles. The van der Waals surface area contributed by atoms with E-state index in [1.165, 1.54) is 18.4 Å². The zero-order valence-corrected chi connectivity index (χ0v) is 23.2. The lowest BCUT2D eigenvalue weighted by molar-refractivity contribution is -0.139. The number of hydrogen-bond acceptors (Lipinski definition) is 9. The van der Waals surface area contributed by atoms with Crippen LogP contribution in [0.15, 0.2) is 57.5 Å². The number of nitrogens with zero attached hydrogens (tertiary/aromatic N) is 2. The molecule has 0 unspecified atom stereocenters. The molecule has 9 nitrogen and oxygen atoms in total. The molecule has 2 aliphatic heterocycles. The number of ether oxygens (including phenoxy) is 5. The minimum absolute atomic E-state index is 0.108. The van der Waals surface area contributed by atoms with E-state index in [4.69, 9.17) is 35.1 Å². The van der Waals surface area contributed by atoms with E-state index in [-0.39, 0.29) is 25.6 Å². The summed E-state index contributed by atoms with van der Waals surface area (Å²) >= 11 is 1.26. The maximum Gasteiger partial charge on any atom is 0.338 e. The molecular weight excluding hydrogens is 532 g/mol. The van der Waals surface area contributed by atoms with Gasteiger partial charge in [-0.15, -0.1) is 6.42 Å². The van der Waals surface area contributed by atoms with Crippen LogP contribution in [0.2, 0.25) is 0 Å². The predicted octanol–water partition coefficient (Wildman–Crippen LogP) is 3.33. The van der Waals surface area contributed by atoms with Crippen LogP contribution in [0, 0.1) is 12.3 Å². The van der Waals surface area contributed by atoms with Crippen molar-refractivity contribution in [3.63, 3.8) is 0 Å². The first-order valence-electron chi connectivity index (χ1n) is 12.8. The largest absolute Gasteiger partial charge is 0.493 e. The highest BCUT2D eigenvalue weighted by molar-refractivity contribution is 7.07. The van der Waals surface area contributed by atoms with E-state index in [9.17, 15) is 9.59 Å². The second-order valence-corrected chi connectivity index (χ2v) is 9.94. The topological polar surface area (TPSA) is 97.6 Å². The molecule has 0 aliphatic carbocycles. The molecule has 2 aromatic carbocycles. The molecule has 0 N–H and O–H groups in total. The van der Waals surface area contributed by atoms with Gasteiger partial charge >= 0.3 is 5.97 Å². The lowest BCUT2D eigenvalue weighted by Gasteiger charge is -2.25. The SMILES string of the molecule is C#CCOc1ccc(/C=c2\sc3n(c2=O)[C@@H](c2ccc4c(c2)OCO4)C(C(=O)OCC)=C(CCC)N=3)cc1OC. The Balaban J connectivity index is 1.69. The molecule has 206 valence electrons. The van der Waals surface area contributed by atoms with Gasteiger partial charge in [0.25, 0.3) is 5.56 Å². The van der Waals surface area contributed by atoms with Crippen LogP contribution in [-0.2, 0) is 9.53 Å². The smallest absolute Gasteiger partial charge is 0.338 e. The first-order valence-corrected chi connectivity index (χ1v) is 13.7. The Labute approximate surface area is 234 Å². The van der Waals surface area contributed by atoms with E-state index in [1.807, 2.05) is 19.1 Å². The molecule has 2 aliphatic rings. The third-order valence-electron chi connectivity index (χ3n) is 6.40. The summed E-state index contributed by atoms with van der Waals surface area (Å²) in [6, 6.07) is 10.0. The van der Waals surface area contributed by atoms with Crippen molar-refractivity contribution < 1.29 is 28.5 Å². The zero-order valence-electron chi connectivity index (χ0n) is 22.4. The van der Waals surface area contributed by atoms with Crippen LogP contribution in [-0.4, -0.2) is 37.7 Å². The highest BCUT2D eigenvalue weighted by Crippen LogP contribution is 2.39. The molecule has 40 heavy (non-hydrogen) atoms. The number of methoxy groups -OCH3 is 1. The Morgan fingerprint density at radius 2 is 2.02 bits per heavy atom. The average molecular weight is 561 g/mol. The Hall–Kier alpha value is -4.49. The number of thiazole rings is 1. The summed E-state index contributed by atoms with van der Waals surface area (Å²) in [6.07, 6.45) is 8.39. The molecule has 0 fully saturated rings. The van der Waals surface area contributed by atoms with Crippen LogP contribution < -0.4 is 33.8 Å². The van der Waals surface area contributed by atoms with E-state index in [1.54, 1.807) is 41.8 Å². The monoisotopic (exact) mass is 560 g/mol. The van der Waals surface area contributed by atoms with Gasteiger partial charge in [0.1, 0.15) is 6.61 Å². The average Bonchev–Trinajstić information content (AvgIpc) is 3.55. The molecule has 1 aromatic heterocycles. The summed E-state index contributed by atoms with van der Waals surface area (Å²) in [5.74, 6) is 4.08. The van der Waals surface area contributed by atoms with E-state index in [0.29, 0.717) is 55.6 Å². The summed E-state index contributed by atoms with van der Waals surface area (Å²) < 4.78 is 29.5. The van der Waals surface area contributed by atoms with Gasteiger partial charge in [-0.05, 0) is 54.8 Å². The molecule has 0 saturated heterocycles. The molecule has 0 spiro atoms. The predicted molar refractivity (Wildman–Crippen MR) is 150 cm³/mol. The summed E-state index contributed by atoms with van der Waals surface area (Å²) in [7, 11) is 1.53. The number of benzene rings is 2. The second-order valence-electron chi connectivity index (χ2n) is 8.93. The van der Waals surface area contributed by atoms with E-state index >= 15 is 0 Å².